The van der Waals surface area contributed by atoms with E-state index in [1.54, 1.807) is 42.5 Å². The van der Waals surface area contributed by atoms with Crippen LogP contribution in [0.15, 0.2) is 59.5 Å². The molecule has 0 saturated heterocycles. The van der Waals surface area contributed by atoms with Gasteiger partial charge in [-0.1, -0.05) is 42.5 Å². The molecule has 0 aliphatic rings. The van der Waals surface area contributed by atoms with E-state index in [1.165, 1.54) is 19.1 Å². The molecule has 0 aliphatic carbocycles. The molecule has 2 aromatic rings. The maximum atomic E-state index is 13.2. The Morgan fingerprint density at radius 3 is 2.06 bits per heavy atom. The molecular weight excluding hydrogens is 478 g/mol. The number of sulfone groups is 1. The largest absolute Gasteiger partial charge is 0.462 e. The van der Waals surface area contributed by atoms with E-state index in [9.17, 15) is 18.0 Å². The summed E-state index contributed by atoms with van der Waals surface area (Å²) in [5.74, 6) is -1.17. The van der Waals surface area contributed by atoms with E-state index in [1.807, 2.05) is 0 Å². The van der Waals surface area contributed by atoms with Crippen molar-refractivity contribution in [2.24, 2.45) is 0 Å². The average Bonchev–Trinajstić information content (AvgIpc) is 2.80. The third-order valence-corrected chi connectivity index (χ3v) is 5.98. The summed E-state index contributed by atoms with van der Waals surface area (Å²) in [6.07, 6.45) is 2.73. The molecule has 10 nitrogen and oxygen atoms in total. The first kappa shape index (κ1) is 28.1. The van der Waals surface area contributed by atoms with Gasteiger partial charge in [0.05, 0.1) is 29.1 Å². The zero-order valence-electron chi connectivity index (χ0n) is 19.5. The Balaban J connectivity index is 2.34. The third kappa shape index (κ3) is 9.59. The van der Waals surface area contributed by atoms with Crippen molar-refractivity contribution in [1.29, 1.82) is 0 Å². The van der Waals surface area contributed by atoms with Crippen molar-refractivity contribution in [2.45, 2.75) is 31.1 Å². The Hall–Kier alpha value is -3.09. The quantitative estimate of drug-likeness (QED) is 0.136. The highest BCUT2D eigenvalue weighted by atomic mass is 32.2. The Morgan fingerprint density at radius 2 is 1.49 bits per heavy atom. The summed E-state index contributed by atoms with van der Waals surface area (Å²) in [4.78, 5) is 29.3. The van der Waals surface area contributed by atoms with Crippen LogP contribution in [0.3, 0.4) is 0 Å². The van der Waals surface area contributed by atoms with E-state index in [-0.39, 0.29) is 35.7 Å². The molecule has 35 heavy (non-hydrogen) atoms. The van der Waals surface area contributed by atoms with Gasteiger partial charge >= 0.3 is 11.9 Å². The molecule has 0 spiro atoms. The van der Waals surface area contributed by atoms with E-state index >= 15 is 0 Å². The van der Waals surface area contributed by atoms with Crippen molar-refractivity contribution in [1.82, 2.24) is 5.39 Å². The highest BCUT2D eigenvalue weighted by Gasteiger charge is 2.22. The van der Waals surface area contributed by atoms with Crippen LogP contribution in [0, 0.1) is 0 Å². The molecule has 2 N–H and O–H groups in total. The number of esters is 2. The van der Waals surface area contributed by atoms with Crippen molar-refractivity contribution < 1.29 is 42.7 Å². The molecule has 0 aliphatic heterocycles. The molecule has 0 atom stereocenters. The van der Waals surface area contributed by atoms with Crippen LogP contribution in [0.5, 0.6) is 0 Å². The fourth-order valence-electron chi connectivity index (χ4n) is 3.16. The maximum Gasteiger partial charge on any atom is 0.339 e. The van der Waals surface area contributed by atoms with E-state index < -0.39 is 21.8 Å². The van der Waals surface area contributed by atoms with Crippen molar-refractivity contribution in [3.8, 4) is 0 Å². The molecule has 0 radical (unpaired) electrons. The minimum Gasteiger partial charge on any atom is -0.462 e. The lowest BCUT2D eigenvalue weighted by Crippen LogP contribution is -2.15. The normalized spacial score (nSPS) is 12.3. The first-order valence-electron chi connectivity index (χ1n) is 10.8. The van der Waals surface area contributed by atoms with E-state index in [2.05, 4.69) is 4.84 Å². The topological polar surface area (TPSA) is 140 Å². The molecular formula is C24H29NO9S. The van der Waals surface area contributed by atoms with E-state index in [0.29, 0.717) is 36.0 Å². The molecule has 0 amide bonds. The van der Waals surface area contributed by atoms with Gasteiger partial charge in [-0.15, -0.1) is 0 Å². The van der Waals surface area contributed by atoms with Gasteiger partial charge in [0.25, 0.3) is 0 Å². The maximum absolute atomic E-state index is 13.2. The SMILES string of the molecule is CC(=O)OC/C(=C(\C(=O)OCCCCCON(O)O)c1ccccc1)c1ccc(S(C)(=O)=O)cc1. The third-order valence-electron chi connectivity index (χ3n) is 4.85. The van der Waals surface area contributed by atoms with Gasteiger partial charge in [-0.05, 0) is 42.5 Å². The van der Waals surface area contributed by atoms with Gasteiger partial charge in [0, 0.05) is 18.8 Å². The van der Waals surface area contributed by atoms with Gasteiger partial charge in [0.2, 0.25) is 0 Å². The minimum absolute atomic E-state index is 0.0894. The van der Waals surface area contributed by atoms with E-state index in [4.69, 9.17) is 19.9 Å². The van der Waals surface area contributed by atoms with Gasteiger partial charge in [-0.3, -0.25) is 20.0 Å². The molecule has 0 heterocycles. The second-order valence-electron chi connectivity index (χ2n) is 7.58. The van der Waals surface area contributed by atoms with E-state index in [0.717, 1.165) is 6.26 Å². The summed E-state index contributed by atoms with van der Waals surface area (Å²) in [6, 6.07) is 14.7. The number of ether oxygens (including phenoxy) is 2. The van der Waals surface area contributed by atoms with Gasteiger partial charge in [-0.2, -0.15) is 0 Å². The van der Waals surface area contributed by atoms with Gasteiger partial charge < -0.3 is 9.47 Å². The molecule has 2 aromatic carbocycles. The van der Waals surface area contributed by atoms with Crippen LogP contribution < -0.4 is 0 Å². The number of unbranched alkanes of at least 4 members (excludes halogenated alkanes) is 2. The Bertz CT molecular complexity index is 1110. The Morgan fingerprint density at radius 1 is 0.857 bits per heavy atom. The van der Waals surface area contributed by atoms with Crippen molar-refractivity contribution in [2.75, 3.05) is 26.1 Å². The van der Waals surface area contributed by atoms with Crippen molar-refractivity contribution >= 4 is 32.9 Å². The molecule has 0 aromatic heterocycles. The highest BCUT2D eigenvalue weighted by Crippen LogP contribution is 2.29. The van der Waals surface area contributed by atoms with Crippen LogP contribution in [0.2, 0.25) is 0 Å². The zero-order valence-corrected chi connectivity index (χ0v) is 20.4. The Labute approximate surface area is 204 Å². The lowest BCUT2D eigenvalue weighted by atomic mass is 9.95. The van der Waals surface area contributed by atoms with Crippen LogP contribution in [0.4, 0.5) is 0 Å². The van der Waals surface area contributed by atoms with Crippen LogP contribution in [0.1, 0.15) is 37.3 Å². The summed E-state index contributed by atoms with van der Waals surface area (Å²) in [7, 11) is -3.42. The number of hydrogen-bond donors (Lipinski definition) is 2. The molecule has 190 valence electrons. The minimum atomic E-state index is -3.42. The second kappa shape index (κ2) is 13.7. The number of benzene rings is 2. The average molecular weight is 508 g/mol. The number of rotatable bonds is 13. The summed E-state index contributed by atoms with van der Waals surface area (Å²) in [5.41, 5.74) is 1.62. The van der Waals surface area contributed by atoms with Crippen molar-refractivity contribution in [3.63, 3.8) is 0 Å². The molecule has 0 fully saturated rings. The first-order valence-corrected chi connectivity index (χ1v) is 12.7. The predicted molar refractivity (Wildman–Crippen MR) is 126 cm³/mol. The number of hydrogen-bond acceptors (Lipinski definition) is 10. The van der Waals surface area contributed by atoms with Gasteiger partial charge in [-0.25, -0.2) is 13.2 Å². The lowest BCUT2D eigenvalue weighted by Gasteiger charge is -2.16. The second-order valence-corrected chi connectivity index (χ2v) is 9.59. The fourth-order valence-corrected chi connectivity index (χ4v) is 3.79. The standard InChI is InChI=1S/C24H29NO9S/c1-18(26)33-17-22(19-11-13-21(14-12-19)35(2,30)31)23(20-9-5-3-6-10-20)24(27)32-15-7-4-8-16-34-25(28)29/h3,5-6,9-14,28-29H,4,7-8,15-17H2,1-2H3/b23-22+. The van der Waals surface area contributed by atoms with Gasteiger partial charge in [0.15, 0.2) is 9.84 Å². The molecule has 0 saturated carbocycles. The summed E-state index contributed by atoms with van der Waals surface area (Å²) in [6.45, 7) is 1.22. The number of carbonyl (C=O) groups is 2. The summed E-state index contributed by atoms with van der Waals surface area (Å²) < 4.78 is 34.4. The molecule has 0 unspecified atom stereocenters. The lowest BCUT2D eigenvalue weighted by molar-refractivity contribution is -0.492. The van der Waals surface area contributed by atoms with Crippen molar-refractivity contribution in [3.05, 3.63) is 65.7 Å². The molecule has 0 bridgehead atoms. The molecule has 2 rings (SSSR count). The van der Waals surface area contributed by atoms with Gasteiger partial charge in [0.1, 0.15) is 6.61 Å². The van der Waals surface area contributed by atoms with Crippen LogP contribution in [-0.4, -0.2) is 62.2 Å². The molecule has 11 heteroatoms. The fraction of sp³-hybridized carbons (Fsp3) is 0.333. The predicted octanol–water partition coefficient (Wildman–Crippen LogP) is 3.29. The highest BCUT2D eigenvalue weighted by molar-refractivity contribution is 7.90. The zero-order chi connectivity index (χ0) is 25.8. The smallest absolute Gasteiger partial charge is 0.339 e. The first-order chi connectivity index (χ1) is 16.6. The van der Waals surface area contributed by atoms with Crippen LogP contribution in [-0.2, 0) is 33.7 Å². The number of carbonyl (C=O) groups excluding carboxylic acids is 2. The summed E-state index contributed by atoms with van der Waals surface area (Å²) >= 11 is 0. The number of nitrogens with zero attached hydrogens (tertiary/aromatic N) is 1. The summed E-state index contributed by atoms with van der Waals surface area (Å²) in [5, 5.41) is 16.7. The Kier molecular flexibility index (Phi) is 11.0. The monoisotopic (exact) mass is 507 g/mol. The van der Waals surface area contributed by atoms with Crippen LogP contribution >= 0.6 is 0 Å². The van der Waals surface area contributed by atoms with Crippen LogP contribution in [0.25, 0.3) is 11.1 Å².